The molecule has 2 unspecified atom stereocenters. The Morgan fingerprint density at radius 3 is 2.50 bits per heavy atom. The number of carbonyl (C=O) groups excluding carboxylic acids is 1. The maximum Gasteiger partial charge on any atom is 0.251 e. The molecule has 3 rings (SSSR count). The number of hydrogen-bond acceptors (Lipinski definition) is 4. The average molecular weight is 426 g/mol. The first-order valence-electron chi connectivity index (χ1n) is 9.42. The summed E-state index contributed by atoms with van der Waals surface area (Å²) in [4.78, 5) is 28.8. The Bertz CT molecular complexity index is 675. The Labute approximate surface area is 163 Å². The zero-order chi connectivity index (χ0) is 18.7. The molecule has 1 amide bonds. The van der Waals surface area contributed by atoms with Crippen LogP contribution in [0.3, 0.4) is 0 Å². The molecule has 2 fully saturated rings. The fourth-order valence-electron chi connectivity index (χ4n) is 4.03. The quantitative estimate of drug-likeness (QED) is 0.739. The van der Waals surface area contributed by atoms with Crippen LogP contribution in [0.4, 0.5) is 0 Å². The van der Waals surface area contributed by atoms with Crippen molar-refractivity contribution in [3.63, 3.8) is 0 Å². The van der Waals surface area contributed by atoms with Gasteiger partial charge in [0.25, 0.3) is 5.56 Å². The van der Waals surface area contributed by atoms with Gasteiger partial charge in [0, 0.05) is 49.5 Å². The lowest BCUT2D eigenvalue weighted by Crippen LogP contribution is -2.49. The van der Waals surface area contributed by atoms with Gasteiger partial charge >= 0.3 is 0 Å². The van der Waals surface area contributed by atoms with Gasteiger partial charge in [-0.05, 0) is 54.6 Å². The maximum absolute atomic E-state index is 12.5. The van der Waals surface area contributed by atoms with Crippen molar-refractivity contribution in [2.45, 2.75) is 45.4 Å². The largest absolute Gasteiger partial charge is 0.373 e. The fraction of sp³-hybridized carbons (Fsp3) is 0.684. The van der Waals surface area contributed by atoms with Gasteiger partial charge in [0.05, 0.1) is 12.2 Å². The highest BCUT2D eigenvalue weighted by molar-refractivity contribution is 9.10. The molecule has 0 bridgehead atoms. The number of amides is 1. The summed E-state index contributed by atoms with van der Waals surface area (Å²) in [5, 5.41) is 0. The molecular weight excluding hydrogens is 398 g/mol. The molecule has 6 nitrogen and oxygen atoms in total. The van der Waals surface area contributed by atoms with E-state index in [0.29, 0.717) is 18.1 Å². The van der Waals surface area contributed by atoms with Crippen LogP contribution in [0.1, 0.15) is 26.7 Å². The lowest BCUT2D eigenvalue weighted by molar-refractivity contribution is -0.133. The van der Waals surface area contributed by atoms with E-state index in [-0.39, 0.29) is 18.0 Å². The van der Waals surface area contributed by atoms with Crippen LogP contribution in [-0.4, -0.2) is 65.2 Å². The normalized spacial score (nSPS) is 25.4. The number of morpholine rings is 1. The summed E-state index contributed by atoms with van der Waals surface area (Å²) in [5.41, 5.74) is -0.146. The molecule has 2 saturated heterocycles. The molecule has 0 aromatic carbocycles. The number of nitrogens with zero attached hydrogens (tertiary/aromatic N) is 3. The molecule has 1 aromatic heterocycles. The molecule has 26 heavy (non-hydrogen) atoms. The monoisotopic (exact) mass is 425 g/mol. The van der Waals surface area contributed by atoms with Crippen molar-refractivity contribution in [1.82, 2.24) is 14.4 Å². The third-order valence-electron chi connectivity index (χ3n) is 5.23. The minimum Gasteiger partial charge on any atom is -0.373 e. The van der Waals surface area contributed by atoms with Crippen molar-refractivity contribution in [1.29, 1.82) is 0 Å². The molecular formula is C19H28BrN3O3. The van der Waals surface area contributed by atoms with Gasteiger partial charge in [-0.1, -0.05) is 0 Å². The summed E-state index contributed by atoms with van der Waals surface area (Å²) >= 11 is 3.35. The second-order valence-corrected chi connectivity index (χ2v) is 8.53. The van der Waals surface area contributed by atoms with Crippen LogP contribution in [0, 0.1) is 5.92 Å². The molecule has 1 aromatic rings. The van der Waals surface area contributed by atoms with Gasteiger partial charge in [-0.2, -0.15) is 0 Å². The Morgan fingerprint density at radius 2 is 1.85 bits per heavy atom. The van der Waals surface area contributed by atoms with Gasteiger partial charge in [-0.15, -0.1) is 0 Å². The van der Waals surface area contributed by atoms with Crippen LogP contribution in [-0.2, 0) is 16.1 Å². The second kappa shape index (κ2) is 8.67. The summed E-state index contributed by atoms with van der Waals surface area (Å²) in [6.07, 6.45) is 4.32. The predicted octanol–water partition coefficient (Wildman–Crippen LogP) is 1.96. The van der Waals surface area contributed by atoms with Crippen molar-refractivity contribution in [2.75, 3.05) is 32.7 Å². The Hall–Kier alpha value is -1.18. The van der Waals surface area contributed by atoms with Crippen molar-refractivity contribution in [3.05, 3.63) is 33.2 Å². The molecule has 2 aliphatic heterocycles. The third kappa shape index (κ3) is 5.18. The number of halogens is 1. The zero-order valence-electron chi connectivity index (χ0n) is 15.6. The number of pyridine rings is 1. The van der Waals surface area contributed by atoms with E-state index in [1.165, 1.54) is 10.6 Å². The lowest BCUT2D eigenvalue weighted by atomic mass is 9.95. The smallest absolute Gasteiger partial charge is 0.251 e. The number of aromatic nitrogens is 1. The summed E-state index contributed by atoms with van der Waals surface area (Å²) in [6, 6.07) is 3.18. The molecule has 0 aliphatic carbocycles. The molecule has 144 valence electrons. The van der Waals surface area contributed by atoms with Crippen molar-refractivity contribution in [3.8, 4) is 0 Å². The first-order chi connectivity index (χ1) is 12.4. The van der Waals surface area contributed by atoms with Crippen LogP contribution < -0.4 is 5.56 Å². The van der Waals surface area contributed by atoms with Gasteiger partial charge < -0.3 is 14.2 Å². The van der Waals surface area contributed by atoms with Gasteiger partial charge in [0.15, 0.2) is 0 Å². The van der Waals surface area contributed by atoms with Crippen molar-refractivity contribution >= 4 is 21.8 Å². The molecule has 0 N–H and O–H groups in total. The Balaban J connectivity index is 1.48. The van der Waals surface area contributed by atoms with E-state index in [1.807, 2.05) is 4.90 Å². The van der Waals surface area contributed by atoms with Gasteiger partial charge in [0.1, 0.15) is 6.54 Å². The first-order valence-corrected chi connectivity index (χ1v) is 10.2. The number of piperidine rings is 1. The second-order valence-electron chi connectivity index (χ2n) is 7.61. The standard InChI is InChI=1S/C19H28BrN3O3/c1-14-9-21(10-15(2)26-14)11-16-5-7-22(8-6-16)19(25)13-23-12-17(20)3-4-18(23)24/h3-4,12,14-16H,5-11,13H2,1-2H3. The highest BCUT2D eigenvalue weighted by Crippen LogP contribution is 2.21. The molecule has 2 atom stereocenters. The van der Waals surface area contributed by atoms with E-state index in [4.69, 9.17) is 4.74 Å². The van der Waals surface area contributed by atoms with E-state index in [1.54, 1.807) is 12.3 Å². The minimum absolute atomic E-state index is 0.0252. The van der Waals surface area contributed by atoms with Crippen LogP contribution in [0.2, 0.25) is 0 Å². The van der Waals surface area contributed by atoms with Gasteiger partial charge in [-0.25, -0.2) is 0 Å². The fourth-order valence-corrected chi connectivity index (χ4v) is 4.41. The molecule has 0 saturated carbocycles. The summed E-state index contributed by atoms with van der Waals surface area (Å²) < 4.78 is 8.07. The van der Waals surface area contributed by atoms with E-state index < -0.39 is 0 Å². The van der Waals surface area contributed by atoms with Crippen molar-refractivity contribution < 1.29 is 9.53 Å². The number of rotatable bonds is 4. The molecule has 2 aliphatic rings. The van der Waals surface area contributed by atoms with Crippen LogP contribution in [0.25, 0.3) is 0 Å². The highest BCUT2D eigenvalue weighted by atomic mass is 79.9. The average Bonchev–Trinajstić information content (AvgIpc) is 2.58. The van der Waals surface area contributed by atoms with E-state index in [2.05, 4.69) is 34.7 Å². The highest BCUT2D eigenvalue weighted by Gasteiger charge is 2.28. The van der Waals surface area contributed by atoms with Gasteiger partial charge in [-0.3, -0.25) is 14.5 Å². The predicted molar refractivity (Wildman–Crippen MR) is 104 cm³/mol. The minimum atomic E-state index is -0.146. The summed E-state index contributed by atoms with van der Waals surface area (Å²) in [5.74, 6) is 0.655. The number of carbonyl (C=O) groups is 1. The van der Waals surface area contributed by atoms with Crippen molar-refractivity contribution in [2.24, 2.45) is 5.92 Å². The molecule has 3 heterocycles. The first kappa shape index (κ1) is 19.6. The maximum atomic E-state index is 12.5. The van der Waals surface area contributed by atoms with Crippen LogP contribution in [0.5, 0.6) is 0 Å². The van der Waals surface area contributed by atoms with E-state index in [0.717, 1.165) is 50.0 Å². The number of ether oxygens (including phenoxy) is 1. The number of likely N-dealkylation sites (tertiary alicyclic amines) is 1. The third-order valence-corrected chi connectivity index (χ3v) is 5.70. The molecule has 0 radical (unpaired) electrons. The van der Waals surface area contributed by atoms with Gasteiger partial charge in [0.2, 0.25) is 5.91 Å². The summed E-state index contributed by atoms with van der Waals surface area (Å²) in [6.45, 7) is 9.02. The Morgan fingerprint density at radius 1 is 1.19 bits per heavy atom. The molecule has 0 spiro atoms. The van der Waals surface area contributed by atoms with E-state index in [9.17, 15) is 9.59 Å². The lowest BCUT2D eigenvalue weighted by Gasteiger charge is -2.39. The molecule has 7 heteroatoms. The number of hydrogen-bond donors (Lipinski definition) is 0. The SMILES string of the molecule is CC1CN(CC2CCN(C(=O)Cn3cc(Br)ccc3=O)CC2)CC(C)O1. The Kier molecular flexibility index (Phi) is 6.53. The van der Waals surface area contributed by atoms with Crippen LogP contribution in [0.15, 0.2) is 27.6 Å². The van der Waals surface area contributed by atoms with Crippen LogP contribution >= 0.6 is 15.9 Å². The van der Waals surface area contributed by atoms with E-state index >= 15 is 0 Å². The topological polar surface area (TPSA) is 54.8 Å². The summed E-state index contributed by atoms with van der Waals surface area (Å²) in [7, 11) is 0. The zero-order valence-corrected chi connectivity index (χ0v) is 17.2.